The number of thioether (sulfide) groups is 1. The summed E-state index contributed by atoms with van der Waals surface area (Å²) >= 11 is 2.24. The third-order valence-corrected chi connectivity index (χ3v) is 18.1. The van der Waals surface area contributed by atoms with Gasteiger partial charge in [-0.2, -0.15) is 0 Å². The minimum atomic E-state index is -1.06. The molecule has 0 aromatic heterocycles. The lowest BCUT2D eigenvalue weighted by molar-refractivity contribution is 1.60. The Kier molecular flexibility index (Phi) is 5.31. The van der Waals surface area contributed by atoms with Crippen LogP contribution in [0.5, 0.6) is 0 Å². The van der Waals surface area contributed by atoms with Crippen LogP contribution in [-0.2, 0) is 0 Å². The molecule has 0 aliphatic carbocycles. The molecule has 90 valence electrons. The second kappa shape index (κ2) is 5.02. The smallest absolute Gasteiger partial charge is 0.0688 e. The minimum Gasteiger partial charge on any atom is -0.0688 e. The molecule has 0 aliphatic rings. The topological polar surface area (TPSA) is 0 Å². The third-order valence-electron chi connectivity index (χ3n) is 2.01. The van der Waals surface area contributed by atoms with Crippen molar-refractivity contribution in [2.24, 2.45) is 0 Å². The first-order valence-corrected chi connectivity index (χ1v) is 17.5. The molecule has 0 radical (unpaired) electrons. The second-order valence-electron chi connectivity index (χ2n) is 7.68. The Bertz CT molecular complexity index is 181. The maximum absolute atomic E-state index is 2.51. The summed E-state index contributed by atoms with van der Waals surface area (Å²) in [5.74, 6) is 0. The predicted octanol–water partition coefficient (Wildman–Crippen LogP) is 4.88. The van der Waals surface area contributed by atoms with Crippen LogP contribution in [0.1, 0.15) is 0 Å². The molecule has 15 heavy (non-hydrogen) atoms. The third kappa shape index (κ3) is 6.92. The first kappa shape index (κ1) is 15.9. The number of hydrogen-bond donors (Lipinski definition) is 0. The Morgan fingerprint density at radius 1 is 0.733 bits per heavy atom. The van der Waals surface area contributed by atoms with E-state index >= 15 is 0 Å². The van der Waals surface area contributed by atoms with Crippen molar-refractivity contribution in [1.29, 1.82) is 0 Å². The lowest BCUT2D eigenvalue weighted by atomic mass is 11.7. The van der Waals surface area contributed by atoms with Gasteiger partial charge in [0.15, 0.2) is 0 Å². The molecular formula is C11H29SSi3+. The van der Waals surface area contributed by atoms with Crippen molar-refractivity contribution < 1.29 is 0 Å². The quantitative estimate of drug-likeness (QED) is 0.509. The van der Waals surface area contributed by atoms with Crippen LogP contribution in [0, 0.1) is 4.50 Å². The first-order chi connectivity index (χ1) is 6.34. The van der Waals surface area contributed by atoms with Crippen LogP contribution in [-0.4, -0.2) is 29.6 Å². The van der Waals surface area contributed by atoms with E-state index < -0.39 is 24.2 Å². The van der Waals surface area contributed by atoms with Gasteiger partial charge in [-0.3, -0.25) is 0 Å². The Balaban J connectivity index is 4.56. The van der Waals surface area contributed by atoms with Gasteiger partial charge in [-0.15, -0.1) is 0 Å². The van der Waals surface area contributed by atoms with E-state index in [0.29, 0.717) is 0 Å². The average molecular weight is 278 g/mol. The highest BCUT2D eigenvalue weighted by Crippen LogP contribution is 2.39. The SMILES string of the molecule is C[Si](C)(C)CS[C+]([Si](C)(C)C)[Si](C)(C)C. The molecule has 0 spiro atoms. The Morgan fingerprint density at radius 2 is 1.07 bits per heavy atom. The van der Waals surface area contributed by atoms with Gasteiger partial charge in [0, 0.05) is 17.1 Å². The molecule has 0 amide bonds. The zero-order valence-electron chi connectivity index (χ0n) is 12.1. The summed E-state index contributed by atoms with van der Waals surface area (Å²) in [6.07, 6.45) is 0. The zero-order valence-corrected chi connectivity index (χ0v) is 15.9. The largest absolute Gasteiger partial charge is 0.258 e. The molecule has 0 saturated carbocycles. The molecule has 0 nitrogen and oxygen atoms in total. The molecule has 0 atom stereocenters. The second-order valence-corrected chi connectivity index (χ2v) is 25.9. The lowest BCUT2D eigenvalue weighted by Crippen LogP contribution is -2.46. The summed E-state index contributed by atoms with van der Waals surface area (Å²) in [5.41, 5.74) is 0. The van der Waals surface area contributed by atoms with Crippen LogP contribution in [0.2, 0.25) is 58.9 Å². The maximum atomic E-state index is 2.51. The summed E-state index contributed by atoms with van der Waals surface area (Å²) in [6, 6.07) is 0. The van der Waals surface area contributed by atoms with Crippen molar-refractivity contribution >= 4 is 36.0 Å². The molecule has 0 aromatic carbocycles. The molecule has 0 rings (SSSR count). The molecule has 0 aliphatic heterocycles. The zero-order chi connectivity index (χ0) is 12.5. The van der Waals surface area contributed by atoms with Crippen LogP contribution in [0.4, 0.5) is 0 Å². The van der Waals surface area contributed by atoms with Crippen molar-refractivity contribution in [2.75, 3.05) is 5.38 Å². The number of rotatable bonds is 5. The van der Waals surface area contributed by atoms with Gasteiger partial charge >= 0.3 is 0 Å². The van der Waals surface area contributed by atoms with Crippen molar-refractivity contribution in [3.8, 4) is 0 Å². The Hall–Kier alpha value is 0.871. The molecule has 0 unspecified atom stereocenters. The highest BCUT2D eigenvalue weighted by atomic mass is 32.2. The molecule has 0 heterocycles. The van der Waals surface area contributed by atoms with Gasteiger partial charge in [-0.05, 0) is 39.3 Å². The fourth-order valence-corrected chi connectivity index (χ4v) is 17.9. The highest BCUT2D eigenvalue weighted by Gasteiger charge is 2.50. The van der Waals surface area contributed by atoms with Gasteiger partial charge in [0.1, 0.15) is 0 Å². The monoisotopic (exact) mass is 277 g/mol. The predicted molar refractivity (Wildman–Crippen MR) is 85.7 cm³/mol. The van der Waals surface area contributed by atoms with Crippen LogP contribution >= 0.6 is 11.8 Å². The molecule has 0 aromatic rings. The summed E-state index contributed by atoms with van der Waals surface area (Å²) in [6.45, 7) is 22.5. The molecule has 0 saturated heterocycles. The summed E-state index contributed by atoms with van der Waals surface area (Å²) in [4.78, 5) is 0. The van der Waals surface area contributed by atoms with Crippen molar-refractivity contribution in [2.45, 2.75) is 58.9 Å². The van der Waals surface area contributed by atoms with Gasteiger partial charge in [0.05, 0.1) is 12.6 Å². The van der Waals surface area contributed by atoms with Gasteiger partial charge in [0.25, 0.3) is 16.1 Å². The lowest BCUT2D eigenvalue weighted by Gasteiger charge is -2.27. The molecule has 0 bridgehead atoms. The standard InChI is InChI=1S/C11H29SSi3/c1-13(2,3)10-12-11(14(4,5)6)15(7,8)9/h10H2,1-9H3/q+1. The summed E-state index contributed by atoms with van der Waals surface area (Å²) in [7, 11) is -3.01. The van der Waals surface area contributed by atoms with E-state index in [-0.39, 0.29) is 0 Å². The fourth-order valence-electron chi connectivity index (χ4n) is 1.85. The Morgan fingerprint density at radius 3 is 1.27 bits per heavy atom. The van der Waals surface area contributed by atoms with Gasteiger partial charge in [-0.1, -0.05) is 19.6 Å². The molecule has 0 N–H and O–H groups in total. The normalized spacial score (nSPS) is 14.2. The molecule has 4 heteroatoms. The highest BCUT2D eigenvalue weighted by molar-refractivity contribution is 8.07. The average Bonchev–Trinajstić information content (AvgIpc) is 1.75. The first-order valence-electron chi connectivity index (χ1n) is 5.85. The summed E-state index contributed by atoms with van der Waals surface area (Å²) < 4.78 is 1.93. The van der Waals surface area contributed by atoms with E-state index in [1.165, 1.54) is 5.38 Å². The van der Waals surface area contributed by atoms with Crippen molar-refractivity contribution in [3.63, 3.8) is 0 Å². The fraction of sp³-hybridized carbons (Fsp3) is 0.909. The van der Waals surface area contributed by atoms with Gasteiger partial charge < -0.3 is 0 Å². The van der Waals surface area contributed by atoms with Crippen LogP contribution < -0.4 is 0 Å². The van der Waals surface area contributed by atoms with E-state index in [1.54, 1.807) is 0 Å². The van der Waals surface area contributed by atoms with Crippen LogP contribution in [0.3, 0.4) is 0 Å². The van der Waals surface area contributed by atoms with Crippen LogP contribution in [0.15, 0.2) is 0 Å². The van der Waals surface area contributed by atoms with Crippen LogP contribution in [0.25, 0.3) is 0 Å². The Labute approximate surface area is 105 Å². The van der Waals surface area contributed by atoms with E-state index in [9.17, 15) is 0 Å². The van der Waals surface area contributed by atoms with E-state index in [2.05, 4.69) is 70.7 Å². The van der Waals surface area contributed by atoms with Gasteiger partial charge in [-0.25, -0.2) is 0 Å². The molecular weight excluding hydrogens is 248 g/mol. The minimum absolute atomic E-state index is 0.891. The van der Waals surface area contributed by atoms with E-state index in [1.807, 2.05) is 4.50 Å². The maximum Gasteiger partial charge on any atom is 0.258 e. The van der Waals surface area contributed by atoms with E-state index in [0.717, 1.165) is 0 Å². The van der Waals surface area contributed by atoms with E-state index in [4.69, 9.17) is 0 Å². The summed E-state index contributed by atoms with van der Waals surface area (Å²) in [5, 5.41) is 1.41. The number of hydrogen-bond acceptors (Lipinski definition) is 1. The van der Waals surface area contributed by atoms with Crippen molar-refractivity contribution in [3.05, 3.63) is 4.50 Å². The van der Waals surface area contributed by atoms with Gasteiger partial charge in [0.2, 0.25) is 0 Å². The molecule has 0 fully saturated rings. The van der Waals surface area contributed by atoms with Crippen molar-refractivity contribution in [1.82, 2.24) is 0 Å².